The first-order valence-corrected chi connectivity index (χ1v) is 10.1. The molecule has 2 rings (SSSR count). The summed E-state index contributed by atoms with van der Waals surface area (Å²) in [5.74, 6) is -4.24. The molecule has 0 radical (unpaired) electrons. The van der Waals surface area contributed by atoms with Crippen molar-refractivity contribution >= 4 is 28.2 Å². The molecule has 10 heteroatoms. The molecular formula is C17H25ClF2N2O4S. The van der Waals surface area contributed by atoms with Crippen molar-refractivity contribution in [2.45, 2.75) is 43.0 Å². The number of carboxylic acid groups (broad SMARTS) is 1. The second-order valence-corrected chi connectivity index (χ2v) is 8.33. The minimum atomic E-state index is -4.56. The molecule has 1 fully saturated rings. The highest BCUT2D eigenvalue weighted by atomic mass is 35.5. The van der Waals surface area contributed by atoms with Gasteiger partial charge in [-0.3, -0.25) is 14.6 Å². The van der Waals surface area contributed by atoms with E-state index in [0.29, 0.717) is 13.1 Å². The zero-order valence-corrected chi connectivity index (χ0v) is 16.7. The van der Waals surface area contributed by atoms with E-state index in [2.05, 4.69) is 4.90 Å². The maximum atomic E-state index is 12.5. The monoisotopic (exact) mass is 426 g/mol. The third-order valence-electron chi connectivity index (χ3n) is 4.71. The van der Waals surface area contributed by atoms with E-state index in [9.17, 15) is 22.0 Å². The van der Waals surface area contributed by atoms with E-state index < -0.39 is 21.6 Å². The van der Waals surface area contributed by atoms with Crippen LogP contribution in [-0.4, -0.2) is 67.3 Å². The maximum Gasteiger partial charge on any atom is 0.341 e. The SMILES string of the molecule is CCN(CC(=O)O)C1CCN(Cc2ccc(S(=O)(=O)C(F)F)cc2)CC1.Cl. The van der Waals surface area contributed by atoms with Crippen molar-refractivity contribution in [2.24, 2.45) is 0 Å². The second kappa shape index (κ2) is 10.3. The summed E-state index contributed by atoms with van der Waals surface area (Å²) in [5, 5.41) is 8.96. The molecule has 1 aromatic carbocycles. The van der Waals surface area contributed by atoms with E-state index in [4.69, 9.17) is 5.11 Å². The van der Waals surface area contributed by atoms with Gasteiger partial charge in [0.25, 0.3) is 0 Å². The molecule has 1 saturated heterocycles. The van der Waals surface area contributed by atoms with Gasteiger partial charge in [0.1, 0.15) is 0 Å². The van der Waals surface area contributed by atoms with Crippen molar-refractivity contribution in [3.63, 3.8) is 0 Å². The molecule has 1 heterocycles. The van der Waals surface area contributed by atoms with E-state index in [-0.39, 0.29) is 29.9 Å². The summed E-state index contributed by atoms with van der Waals surface area (Å²) in [6.07, 6.45) is 1.72. The Balaban J connectivity index is 0.00000364. The number of alkyl halides is 2. The van der Waals surface area contributed by atoms with Crippen LogP contribution in [0.2, 0.25) is 0 Å². The smallest absolute Gasteiger partial charge is 0.341 e. The first kappa shape index (κ1) is 23.7. The Labute approximate surface area is 164 Å². The number of sulfone groups is 1. The summed E-state index contributed by atoms with van der Waals surface area (Å²) in [6.45, 7) is 4.89. The fourth-order valence-corrected chi connectivity index (χ4v) is 3.98. The number of piperidine rings is 1. The summed E-state index contributed by atoms with van der Waals surface area (Å²) < 4.78 is 48.0. The molecule has 0 amide bonds. The maximum absolute atomic E-state index is 12.5. The minimum absolute atomic E-state index is 0. The number of aliphatic carboxylic acids is 1. The topological polar surface area (TPSA) is 77.9 Å². The van der Waals surface area contributed by atoms with Crippen molar-refractivity contribution in [3.8, 4) is 0 Å². The van der Waals surface area contributed by atoms with Gasteiger partial charge in [-0.15, -0.1) is 12.4 Å². The Morgan fingerprint density at radius 2 is 1.81 bits per heavy atom. The zero-order valence-electron chi connectivity index (χ0n) is 15.1. The number of likely N-dealkylation sites (N-methyl/N-ethyl adjacent to an activating group) is 1. The predicted molar refractivity (Wildman–Crippen MR) is 100 cm³/mol. The number of carbonyl (C=O) groups is 1. The summed E-state index contributed by atoms with van der Waals surface area (Å²) >= 11 is 0. The van der Waals surface area contributed by atoms with Crippen LogP contribution in [0.25, 0.3) is 0 Å². The van der Waals surface area contributed by atoms with Gasteiger partial charge in [0.05, 0.1) is 11.4 Å². The highest BCUT2D eigenvalue weighted by Gasteiger charge is 2.27. The Kier molecular flexibility index (Phi) is 9.07. The molecule has 6 nitrogen and oxygen atoms in total. The van der Waals surface area contributed by atoms with Gasteiger partial charge in [-0.1, -0.05) is 19.1 Å². The second-order valence-electron chi connectivity index (χ2n) is 6.41. The molecule has 1 aromatic rings. The van der Waals surface area contributed by atoms with E-state index in [1.54, 1.807) is 12.1 Å². The molecule has 0 aromatic heterocycles. The average Bonchev–Trinajstić information content (AvgIpc) is 2.60. The quantitative estimate of drug-likeness (QED) is 0.688. The number of halogens is 3. The highest BCUT2D eigenvalue weighted by molar-refractivity contribution is 7.91. The number of likely N-dealkylation sites (tertiary alicyclic amines) is 1. The van der Waals surface area contributed by atoms with Crippen molar-refractivity contribution in [1.29, 1.82) is 0 Å². The van der Waals surface area contributed by atoms with E-state index in [1.807, 2.05) is 11.8 Å². The lowest BCUT2D eigenvalue weighted by atomic mass is 10.0. The van der Waals surface area contributed by atoms with Crippen LogP contribution in [0.3, 0.4) is 0 Å². The Hall–Kier alpha value is -1.29. The average molecular weight is 427 g/mol. The standard InChI is InChI=1S/C17H24F2N2O4S.ClH/c1-2-21(12-16(22)23)14-7-9-20(10-8-14)11-13-3-5-15(6-4-13)26(24,25)17(18)19;/h3-6,14,17H,2,7-12H2,1H3,(H,22,23);1H. The zero-order chi connectivity index (χ0) is 19.3. The molecule has 0 atom stereocenters. The number of rotatable bonds is 8. The van der Waals surface area contributed by atoms with Crippen LogP contribution >= 0.6 is 12.4 Å². The molecule has 0 bridgehead atoms. The largest absolute Gasteiger partial charge is 0.480 e. The van der Waals surface area contributed by atoms with E-state index in [1.165, 1.54) is 12.1 Å². The van der Waals surface area contributed by atoms with Crippen LogP contribution in [0.5, 0.6) is 0 Å². The Morgan fingerprint density at radius 1 is 1.26 bits per heavy atom. The number of carboxylic acids is 1. The normalized spacial score (nSPS) is 16.5. The van der Waals surface area contributed by atoms with Gasteiger partial charge in [-0.2, -0.15) is 8.78 Å². The fraction of sp³-hybridized carbons (Fsp3) is 0.588. The van der Waals surface area contributed by atoms with Crippen LogP contribution in [-0.2, 0) is 21.2 Å². The first-order chi connectivity index (χ1) is 12.2. The Morgan fingerprint density at radius 3 is 2.26 bits per heavy atom. The van der Waals surface area contributed by atoms with Crippen LogP contribution < -0.4 is 0 Å². The van der Waals surface area contributed by atoms with Crippen LogP contribution in [0.1, 0.15) is 25.3 Å². The van der Waals surface area contributed by atoms with E-state index in [0.717, 1.165) is 31.5 Å². The molecular weight excluding hydrogens is 402 g/mol. The molecule has 1 aliphatic heterocycles. The van der Waals surface area contributed by atoms with Crippen LogP contribution in [0, 0.1) is 0 Å². The Bertz CT molecular complexity index is 708. The lowest BCUT2D eigenvalue weighted by Gasteiger charge is -2.37. The van der Waals surface area contributed by atoms with Crippen molar-refractivity contribution in [1.82, 2.24) is 9.80 Å². The molecule has 0 spiro atoms. The van der Waals surface area contributed by atoms with Crippen molar-refractivity contribution in [2.75, 3.05) is 26.2 Å². The summed E-state index contributed by atoms with van der Waals surface area (Å²) in [4.78, 5) is 14.7. The summed E-state index contributed by atoms with van der Waals surface area (Å²) in [6, 6.07) is 5.80. The van der Waals surface area contributed by atoms with Gasteiger partial charge in [0.2, 0.25) is 9.84 Å². The molecule has 0 unspecified atom stereocenters. The number of nitrogens with zero attached hydrogens (tertiary/aromatic N) is 2. The lowest BCUT2D eigenvalue weighted by molar-refractivity contribution is -0.139. The van der Waals surface area contributed by atoms with Gasteiger partial charge >= 0.3 is 11.7 Å². The van der Waals surface area contributed by atoms with Gasteiger partial charge in [0, 0.05) is 12.6 Å². The molecule has 1 aliphatic rings. The summed E-state index contributed by atoms with van der Waals surface area (Å²) in [5.41, 5.74) is 0.856. The van der Waals surface area contributed by atoms with Crippen molar-refractivity contribution < 1.29 is 27.1 Å². The van der Waals surface area contributed by atoms with Crippen LogP contribution in [0.4, 0.5) is 8.78 Å². The number of hydrogen-bond acceptors (Lipinski definition) is 5. The van der Waals surface area contributed by atoms with Gasteiger partial charge in [-0.25, -0.2) is 8.42 Å². The molecule has 1 N–H and O–H groups in total. The minimum Gasteiger partial charge on any atom is -0.480 e. The van der Waals surface area contributed by atoms with E-state index >= 15 is 0 Å². The van der Waals surface area contributed by atoms with Gasteiger partial charge in [0.15, 0.2) is 0 Å². The molecule has 0 saturated carbocycles. The summed E-state index contributed by atoms with van der Waals surface area (Å²) in [7, 11) is -4.56. The predicted octanol–water partition coefficient (Wildman–Crippen LogP) is 2.48. The molecule has 0 aliphatic carbocycles. The van der Waals surface area contributed by atoms with Crippen molar-refractivity contribution in [3.05, 3.63) is 29.8 Å². The molecule has 27 heavy (non-hydrogen) atoms. The highest BCUT2D eigenvalue weighted by Crippen LogP contribution is 2.21. The third kappa shape index (κ3) is 6.38. The molecule has 154 valence electrons. The number of hydrogen-bond donors (Lipinski definition) is 1. The van der Waals surface area contributed by atoms with Crippen LogP contribution in [0.15, 0.2) is 29.2 Å². The third-order valence-corrected chi connectivity index (χ3v) is 6.11. The van der Waals surface area contributed by atoms with Gasteiger partial charge in [-0.05, 0) is 50.2 Å². The number of benzene rings is 1. The lowest BCUT2D eigenvalue weighted by Crippen LogP contribution is -2.46. The fourth-order valence-electron chi connectivity index (χ4n) is 3.26. The van der Waals surface area contributed by atoms with Gasteiger partial charge < -0.3 is 5.11 Å². The first-order valence-electron chi connectivity index (χ1n) is 8.53.